The van der Waals surface area contributed by atoms with Crippen molar-refractivity contribution in [3.8, 4) is 11.5 Å². The molecule has 2 aromatic rings. The Bertz CT molecular complexity index is 682. The molecule has 0 saturated carbocycles. The molecule has 0 saturated heterocycles. The summed E-state index contributed by atoms with van der Waals surface area (Å²) in [6.45, 7) is 1.55. The minimum absolute atomic E-state index is 0.262. The van der Waals surface area contributed by atoms with Crippen LogP contribution in [0.2, 0.25) is 0 Å². The van der Waals surface area contributed by atoms with E-state index in [-0.39, 0.29) is 5.69 Å². The Balaban J connectivity index is 1.95. The Morgan fingerprint density at radius 1 is 1.00 bits per heavy atom. The standard InChI is InChI=1S/C17H16F3NO3/c1-11(24-15-9-7-14(23-2)8-10-15)16(22)21-13-5-3-12(4-6-13)17(18,19)20/h3-11H,1-2H3,(H,21,22). The van der Waals surface area contributed by atoms with Crippen LogP contribution in [0.4, 0.5) is 18.9 Å². The van der Waals surface area contributed by atoms with Crippen molar-refractivity contribution in [2.45, 2.75) is 19.2 Å². The van der Waals surface area contributed by atoms with E-state index in [1.165, 1.54) is 19.2 Å². The lowest BCUT2D eigenvalue weighted by molar-refractivity contribution is -0.137. The number of carbonyl (C=O) groups is 1. The van der Waals surface area contributed by atoms with Gasteiger partial charge in [-0.25, -0.2) is 0 Å². The zero-order valence-corrected chi connectivity index (χ0v) is 13.1. The SMILES string of the molecule is COc1ccc(OC(C)C(=O)Nc2ccc(C(F)(F)F)cc2)cc1. The number of halogens is 3. The topological polar surface area (TPSA) is 47.6 Å². The summed E-state index contributed by atoms with van der Waals surface area (Å²) in [6, 6.07) is 10.9. The van der Waals surface area contributed by atoms with Gasteiger partial charge in [-0.3, -0.25) is 4.79 Å². The van der Waals surface area contributed by atoms with Gasteiger partial charge in [0.25, 0.3) is 5.91 Å². The van der Waals surface area contributed by atoms with E-state index in [0.717, 1.165) is 12.1 Å². The van der Waals surface area contributed by atoms with Crippen LogP contribution >= 0.6 is 0 Å². The molecule has 0 radical (unpaired) electrons. The van der Waals surface area contributed by atoms with Gasteiger partial charge in [-0.2, -0.15) is 13.2 Å². The van der Waals surface area contributed by atoms with E-state index in [4.69, 9.17) is 9.47 Å². The molecule has 2 aromatic carbocycles. The lowest BCUT2D eigenvalue weighted by Gasteiger charge is -2.15. The Hall–Kier alpha value is -2.70. The zero-order chi connectivity index (χ0) is 17.7. The molecule has 0 aliphatic heterocycles. The summed E-state index contributed by atoms with van der Waals surface area (Å²) >= 11 is 0. The van der Waals surface area contributed by atoms with E-state index in [9.17, 15) is 18.0 Å². The van der Waals surface area contributed by atoms with E-state index < -0.39 is 23.8 Å². The van der Waals surface area contributed by atoms with Crippen molar-refractivity contribution in [3.05, 3.63) is 54.1 Å². The average Bonchev–Trinajstić information content (AvgIpc) is 2.55. The number of carbonyl (C=O) groups excluding carboxylic acids is 1. The first-order chi connectivity index (χ1) is 11.3. The van der Waals surface area contributed by atoms with Crippen molar-refractivity contribution >= 4 is 11.6 Å². The highest BCUT2D eigenvalue weighted by molar-refractivity contribution is 5.94. The fourth-order valence-electron chi connectivity index (χ4n) is 1.90. The van der Waals surface area contributed by atoms with Gasteiger partial charge in [-0.15, -0.1) is 0 Å². The lowest BCUT2D eigenvalue weighted by atomic mass is 10.2. The largest absolute Gasteiger partial charge is 0.497 e. The Morgan fingerprint density at radius 3 is 2.04 bits per heavy atom. The third kappa shape index (κ3) is 4.65. The van der Waals surface area contributed by atoms with Crippen LogP contribution in [0, 0.1) is 0 Å². The number of benzene rings is 2. The molecule has 1 amide bonds. The molecule has 7 heteroatoms. The second-order valence-electron chi connectivity index (χ2n) is 5.00. The van der Waals surface area contributed by atoms with Crippen LogP contribution < -0.4 is 14.8 Å². The maximum absolute atomic E-state index is 12.5. The van der Waals surface area contributed by atoms with Crippen LogP contribution in [0.25, 0.3) is 0 Å². The van der Waals surface area contributed by atoms with Gasteiger partial charge in [-0.05, 0) is 55.5 Å². The van der Waals surface area contributed by atoms with Gasteiger partial charge < -0.3 is 14.8 Å². The number of amides is 1. The maximum atomic E-state index is 12.5. The molecule has 1 atom stereocenters. The number of hydrogen-bond acceptors (Lipinski definition) is 3. The van der Waals surface area contributed by atoms with Gasteiger partial charge >= 0.3 is 6.18 Å². The number of hydrogen-bond donors (Lipinski definition) is 1. The van der Waals surface area contributed by atoms with Crippen LogP contribution in [-0.4, -0.2) is 19.1 Å². The number of nitrogens with one attached hydrogen (secondary N) is 1. The normalized spacial score (nSPS) is 12.4. The number of alkyl halides is 3. The van der Waals surface area contributed by atoms with Crippen LogP contribution in [0.3, 0.4) is 0 Å². The van der Waals surface area contributed by atoms with Crippen molar-refractivity contribution < 1.29 is 27.4 Å². The van der Waals surface area contributed by atoms with E-state index >= 15 is 0 Å². The molecular weight excluding hydrogens is 323 g/mol. The number of methoxy groups -OCH3 is 1. The Morgan fingerprint density at radius 2 is 1.54 bits per heavy atom. The lowest BCUT2D eigenvalue weighted by Crippen LogP contribution is -2.30. The van der Waals surface area contributed by atoms with Crippen molar-refractivity contribution in [1.29, 1.82) is 0 Å². The first kappa shape index (κ1) is 17.7. The van der Waals surface area contributed by atoms with E-state index in [0.29, 0.717) is 11.5 Å². The molecule has 4 nitrogen and oxygen atoms in total. The Kier molecular flexibility index (Phi) is 5.33. The highest BCUT2D eigenvalue weighted by Gasteiger charge is 2.30. The number of rotatable bonds is 5. The summed E-state index contributed by atoms with van der Waals surface area (Å²) in [4.78, 5) is 12.0. The van der Waals surface area contributed by atoms with Crippen molar-refractivity contribution in [2.24, 2.45) is 0 Å². The second kappa shape index (κ2) is 7.25. The van der Waals surface area contributed by atoms with Gasteiger partial charge in [0.15, 0.2) is 6.10 Å². The van der Waals surface area contributed by atoms with Gasteiger partial charge in [-0.1, -0.05) is 0 Å². The summed E-state index contributed by atoms with van der Waals surface area (Å²) in [5.74, 6) is 0.667. The summed E-state index contributed by atoms with van der Waals surface area (Å²) in [5, 5.41) is 2.51. The molecule has 0 heterocycles. The number of ether oxygens (including phenoxy) is 2. The molecule has 1 N–H and O–H groups in total. The van der Waals surface area contributed by atoms with Crippen LogP contribution in [-0.2, 0) is 11.0 Å². The van der Waals surface area contributed by atoms with E-state index in [1.54, 1.807) is 31.2 Å². The molecule has 0 fully saturated rings. The van der Waals surface area contributed by atoms with Crippen LogP contribution in [0.5, 0.6) is 11.5 Å². The molecule has 24 heavy (non-hydrogen) atoms. The van der Waals surface area contributed by atoms with Gasteiger partial charge in [0.05, 0.1) is 12.7 Å². The molecule has 0 aliphatic rings. The first-order valence-corrected chi connectivity index (χ1v) is 7.08. The van der Waals surface area contributed by atoms with Crippen LogP contribution in [0.15, 0.2) is 48.5 Å². The monoisotopic (exact) mass is 339 g/mol. The molecule has 0 bridgehead atoms. The maximum Gasteiger partial charge on any atom is 0.416 e. The molecule has 0 aliphatic carbocycles. The highest BCUT2D eigenvalue weighted by atomic mass is 19.4. The van der Waals surface area contributed by atoms with E-state index in [1.807, 2.05) is 0 Å². The summed E-state index contributed by atoms with van der Waals surface area (Å²) in [7, 11) is 1.54. The smallest absolute Gasteiger partial charge is 0.416 e. The predicted octanol–water partition coefficient (Wildman–Crippen LogP) is 4.12. The fraction of sp³-hybridized carbons (Fsp3) is 0.235. The van der Waals surface area contributed by atoms with Gasteiger partial charge in [0, 0.05) is 5.69 Å². The summed E-state index contributed by atoms with van der Waals surface area (Å²) in [5.41, 5.74) is -0.513. The Labute approximate surface area is 137 Å². The molecular formula is C17H16F3NO3. The quantitative estimate of drug-likeness (QED) is 0.891. The third-order valence-corrected chi connectivity index (χ3v) is 3.22. The molecule has 128 valence electrons. The zero-order valence-electron chi connectivity index (χ0n) is 13.1. The minimum atomic E-state index is -4.41. The highest BCUT2D eigenvalue weighted by Crippen LogP contribution is 2.29. The summed E-state index contributed by atoms with van der Waals surface area (Å²) < 4.78 is 48.0. The van der Waals surface area contributed by atoms with Crippen molar-refractivity contribution in [3.63, 3.8) is 0 Å². The molecule has 2 rings (SSSR count). The molecule has 0 aromatic heterocycles. The summed E-state index contributed by atoms with van der Waals surface area (Å²) in [6.07, 6.45) is -5.23. The number of anilines is 1. The van der Waals surface area contributed by atoms with Crippen molar-refractivity contribution in [1.82, 2.24) is 0 Å². The van der Waals surface area contributed by atoms with Gasteiger partial charge in [0.2, 0.25) is 0 Å². The van der Waals surface area contributed by atoms with Crippen LogP contribution in [0.1, 0.15) is 12.5 Å². The van der Waals surface area contributed by atoms with E-state index in [2.05, 4.69) is 5.32 Å². The van der Waals surface area contributed by atoms with Gasteiger partial charge in [0.1, 0.15) is 11.5 Å². The minimum Gasteiger partial charge on any atom is -0.497 e. The third-order valence-electron chi connectivity index (χ3n) is 3.22. The predicted molar refractivity (Wildman–Crippen MR) is 83.2 cm³/mol. The molecule has 0 spiro atoms. The molecule has 1 unspecified atom stereocenters. The fourth-order valence-corrected chi connectivity index (χ4v) is 1.90. The first-order valence-electron chi connectivity index (χ1n) is 7.08. The second-order valence-corrected chi connectivity index (χ2v) is 5.00. The van der Waals surface area contributed by atoms with Crippen molar-refractivity contribution in [2.75, 3.05) is 12.4 Å². The average molecular weight is 339 g/mol.